The molecule has 0 bridgehead atoms. The maximum absolute atomic E-state index is 12.9. The number of ketones is 1. The number of sulfone groups is 1. The molecular formula is C23H18F3N3O3S. The van der Waals surface area contributed by atoms with Gasteiger partial charge in [-0.15, -0.1) is 0 Å². The van der Waals surface area contributed by atoms with E-state index in [1.165, 1.54) is 25.3 Å². The fourth-order valence-electron chi connectivity index (χ4n) is 3.45. The lowest BCUT2D eigenvalue weighted by atomic mass is 10.0. The molecule has 4 rings (SSSR count). The van der Waals surface area contributed by atoms with E-state index in [4.69, 9.17) is 0 Å². The number of nitrogens with zero attached hydrogens (tertiary/aromatic N) is 3. The van der Waals surface area contributed by atoms with E-state index in [-0.39, 0.29) is 27.6 Å². The topological polar surface area (TPSA) is 81.4 Å². The molecule has 170 valence electrons. The first-order chi connectivity index (χ1) is 15.6. The molecule has 0 saturated heterocycles. The largest absolute Gasteiger partial charge is 0.416 e. The second kappa shape index (κ2) is 8.43. The highest BCUT2D eigenvalue weighted by Gasteiger charge is 2.32. The van der Waals surface area contributed by atoms with Crippen LogP contribution in [0, 0.1) is 6.92 Å². The minimum Gasteiger partial charge on any atom is -0.294 e. The Balaban J connectivity index is 1.47. The molecule has 0 aliphatic rings. The maximum Gasteiger partial charge on any atom is 0.416 e. The van der Waals surface area contributed by atoms with Crippen molar-refractivity contribution in [1.29, 1.82) is 0 Å². The highest BCUT2D eigenvalue weighted by molar-refractivity contribution is 7.91. The van der Waals surface area contributed by atoms with Crippen LogP contribution < -0.4 is 0 Å². The summed E-state index contributed by atoms with van der Waals surface area (Å²) in [5, 5.41) is 0. The zero-order chi connectivity index (χ0) is 23.8. The predicted octanol–water partition coefficient (Wildman–Crippen LogP) is 4.70. The lowest BCUT2D eigenvalue weighted by molar-refractivity contribution is -0.137. The van der Waals surface area contributed by atoms with Gasteiger partial charge in [0.1, 0.15) is 0 Å². The second-order valence-electron chi connectivity index (χ2n) is 7.53. The lowest BCUT2D eigenvalue weighted by Crippen LogP contribution is -2.09. The van der Waals surface area contributed by atoms with Gasteiger partial charge >= 0.3 is 6.18 Å². The van der Waals surface area contributed by atoms with Crippen LogP contribution in [-0.4, -0.2) is 28.6 Å². The van der Waals surface area contributed by atoms with Crippen LogP contribution in [0.2, 0.25) is 0 Å². The molecule has 0 amide bonds. The number of Topliss-reactive ketones (excluding diaryl/α,β-unsaturated/α-hetero) is 1. The van der Waals surface area contributed by atoms with Crippen molar-refractivity contribution in [3.63, 3.8) is 0 Å². The van der Waals surface area contributed by atoms with Crippen LogP contribution in [0.5, 0.6) is 0 Å². The summed E-state index contributed by atoms with van der Waals surface area (Å²) in [5.74, 6) is 0.377. The molecule has 0 atom stereocenters. The molecule has 6 nitrogen and oxygen atoms in total. The van der Waals surface area contributed by atoms with Gasteiger partial charge in [-0.05, 0) is 54.8 Å². The van der Waals surface area contributed by atoms with Gasteiger partial charge in [0.25, 0.3) is 0 Å². The van der Waals surface area contributed by atoms with Crippen molar-refractivity contribution in [3.05, 3.63) is 89.5 Å². The summed E-state index contributed by atoms with van der Waals surface area (Å²) in [7, 11) is -3.99. The Morgan fingerprint density at radius 1 is 1.06 bits per heavy atom. The summed E-state index contributed by atoms with van der Waals surface area (Å²) >= 11 is 0. The normalized spacial score (nSPS) is 12.2. The first-order valence-corrected chi connectivity index (χ1v) is 11.4. The van der Waals surface area contributed by atoms with Crippen LogP contribution in [0.3, 0.4) is 0 Å². The van der Waals surface area contributed by atoms with Crippen molar-refractivity contribution in [3.8, 4) is 0 Å². The lowest BCUT2D eigenvalue weighted by Gasteiger charge is -2.12. The SMILES string of the molecule is Cc1cc(C(F)(F)F)ccc1S(=O)(=O)c1ccc(CCC(=O)c2cnc3nccn3c2)cc1. The molecule has 0 unspecified atom stereocenters. The van der Waals surface area contributed by atoms with E-state index in [0.717, 1.165) is 23.8 Å². The van der Waals surface area contributed by atoms with Gasteiger partial charge in [0, 0.05) is 31.2 Å². The summed E-state index contributed by atoms with van der Waals surface area (Å²) in [6.07, 6.45) is 2.43. The van der Waals surface area contributed by atoms with E-state index in [1.807, 2.05) is 0 Å². The third kappa shape index (κ3) is 4.65. The number of hydrogen-bond acceptors (Lipinski definition) is 5. The van der Waals surface area contributed by atoms with Gasteiger partial charge in [0.05, 0.1) is 20.9 Å². The number of aryl methyl sites for hydroxylation is 2. The molecule has 0 radical (unpaired) electrons. The zero-order valence-electron chi connectivity index (χ0n) is 17.4. The molecule has 0 fully saturated rings. The van der Waals surface area contributed by atoms with Crippen LogP contribution in [0.25, 0.3) is 5.78 Å². The van der Waals surface area contributed by atoms with E-state index < -0.39 is 21.6 Å². The highest BCUT2D eigenvalue weighted by atomic mass is 32.2. The first kappa shape index (κ1) is 22.7. The van der Waals surface area contributed by atoms with E-state index in [9.17, 15) is 26.4 Å². The van der Waals surface area contributed by atoms with Crippen LogP contribution in [-0.2, 0) is 22.4 Å². The second-order valence-corrected chi connectivity index (χ2v) is 9.44. The molecule has 0 aliphatic heterocycles. The number of carbonyl (C=O) groups excluding carboxylic acids is 1. The van der Waals surface area contributed by atoms with Crippen molar-refractivity contribution >= 4 is 21.4 Å². The number of aromatic nitrogens is 3. The number of alkyl halides is 3. The van der Waals surface area contributed by atoms with Crippen molar-refractivity contribution in [2.75, 3.05) is 0 Å². The van der Waals surface area contributed by atoms with Crippen molar-refractivity contribution < 1.29 is 26.4 Å². The van der Waals surface area contributed by atoms with Gasteiger partial charge < -0.3 is 0 Å². The van der Waals surface area contributed by atoms with E-state index in [1.54, 1.807) is 35.1 Å². The van der Waals surface area contributed by atoms with E-state index in [0.29, 0.717) is 17.8 Å². The van der Waals surface area contributed by atoms with Crippen LogP contribution in [0.4, 0.5) is 13.2 Å². The van der Waals surface area contributed by atoms with Crippen molar-refractivity contribution in [2.24, 2.45) is 0 Å². The van der Waals surface area contributed by atoms with Gasteiger partial charge in [-0.1, -0.05) is 12.1 Å². The standard InChI is InChI=1S/C23H18F3N3O3S/c1-15-12-18(23(24,25)26)5-9-21(15)33(31,32)19-6-2-16(3-7-19)4-8-20(30)17-13-28-22-27-10-11-29(22)14-17/h2-3,5-7,9-14H,4,8H2,1H3. The van der Waals surface area contributed by atoms with Crippen LogP contribution in [0.1, 0.15) is 33.5 Å². The summed E-state index contributed by atoms with van der Waals surface area (Å²) in [4.78, 5) is 20.4. The molecule has 0 saturated carbocycles. The smallest absolute Gasteiger partial charge is 0.294 e. The van der Waals surface area contributed by atoms with Gasteiger partial charge in [-0.2, -0.15) is 13.2 Å². The molecule has 0 spiro atoms. The maximum atomic E-state index is 12.9. The van der Waals surface area contributed by atoms with Crippen molar-refractivity contribution in [2.45, 2.75) is 35.7 Å². The monoisotopic (exact) mass is 473 g/mol. The predicted molar refractivity (Wildman–Crippen MR) is 114 cm³/mol. The Morgan fingerprint density at radius 3 is 2.45 bits per heavy atom. The molecule has 33 heavy (non-hydrogen) atoms. The molecule has 2 aromatic heterocycles. The summed E-state index contributed by atoms with van der Waals surface area (Å²) < 4.78 is 66.1. The minimum absolute atomic E-state index is 0.0166. The third-order valence-electron chi connectivity index (χ3n) is 5.23. The molecule has 10 heteroatoms. The fraction of sp³-hybridized carbons (Fsp3) is 0.174. The molecule has 2 aromatic carbocycles. The highest BCUT2D eigenvalue weighted by Crippen LogP contribution is 2.33. The van der Waals surface area contributed by atoms with Crippen molar-refractivity contribution in [1.82, 2.24) is 14.4 Å². The number of imidazole rings is 1. The molecular weight excluding hydrogens is 455 g/mol. The van der Waals surface area contributed by atoms with Crippen LogP contribution in [0.15, 0.2) is 77.0 Å². The third-order valence-corrected chi connectivity index (χ3v) is 7.16. The quantitative estimate of drug-likeness (QED) is 0.379. The number of rotatable bonds is 6. The fourth-order valence-corrected chi connectivity index (χ4v) is 4.93. The Kier molecular flexibility index (Phi) is 5.79. The average Bonchev–Trinajstić information content (AvgIpc) is 3.25. The number of halogens is 3. The number of carbonyl (C=O) groups is 1. The molecule has 2 heterocycles. The number of hydrogen-bond donors (Lipinski definition) is 0. The summed E-state index contributed by atoms with van der Waals surface area (Å²) in [6, 6.07) is 8.54. The Hall–Kier alpha value is -3.53. The number of fused-ring (bicyclic) bond motifs is 1. The first-order valence-electron chi connectivity index (χ1n) is 9.89. The molecule has 0 aliphatic carbocycles. The molecule has 0 N–H and O–H groups in total. The Labute approximate surface area is 187 Å². The van der Waals surface area contributed by atoms with Gasteiger partial charge in [0.2, 0.25) is 15.6 Å². The summed E-state index contributed by atoms with van der Waals surface area (Å²) in [5.41, 5.74) is 0.310. The zero-order valence-corrected chi connectivity index (χ0v) is 18.2. The van der Waals surface area contributed by atoms with E-state index >= 15 is 0 Å². The minimum atomic E-state index is -4.55. The molecule has 4 aromatic rings. The van der Waals surface area contributed by atoms with E-state index in [2.05, 4.69) is 9.97 Å². The van der Waals surface area contributed by atoms with Gasteiger partial charge in [0.15, 0.2) is 5.78 Å². The average molecular weight is 473 g/mol. The Morgan fingerprint density at radius 2 is 1.79 bits per heavy atom. The van der Waals surface area contributed by atoms with Gasteiger partial charge in [-0.3, -0.25) is 9.20 Å². The van der Waals surface area contributed by atoms with Gasteiger partial charge in [-0.25, -0.2) is 18.4 Å². The number of benzene rings is 2. The summed E-state index contributed by atoms with van der Waals surface area (Å²) in [6.45, 7) is 1.33. The van der Waals surface area contributed by atoms with Crippen LogP contribution >= 0.6 is 0 Å². The Bertz CT molecular complexity index is 1440.